The normalized spacial score (nSPS) is 10.9. The molecule has 2 heterocycles. The smallest absolute Gasteiger partial charge is 0.315 e. The number of rotatable bonds is 6. The maximum absolute atomic E-state index is 12.9. The Kier molecular flexibility index (Phi) is 5.62. The van der Waals surface area contributed by atoms with Crippen LogP contribution in [0.15, 0.2) is 42.0 Å². The molecule has 0 saturated heterocycles. The lowest BCUT2D eigenvalue weighted by atomic mass is 10.2. The van der Waals surface area contributed by atoms with E-state index in [9.17, 15) is 4.79 Å². The minimum Gasteiger partial charge on any atom is -0.315 e. The molecular formula is C18H22N6OS. The van der Waals surface area contributed by atoms with Crippen molar-refractivity contribution in [3.05, 3.63) is 58.2 Å². The van der Waals surface area contributed by atoms with Gasteiger partial charge in [-0.1, -0.05) is 35.5 Å². The number of hydrogen-bond donors (Lipinski definition) is 1. The fourth-order valence-electron chi connectivity index (χ4n) is 2.43. The summed E-state index contributed by atoms with van der Waals surface area (Å²) in [6.07, 6.45) is 1.74. The van der Waals surface area contributed by atoms with E-state index in [4.69, 9.17) is 0 Å². The number of thiazole rings is 1. The first-order valence-corrected chi connectivity index (χ1v) is 9.31. The first-order valence-electron chi connectivity index (χ1n) is 8.43. The van der Waals surface area contributed by atoms with Gasteiger partial charge in [0, 0.05) is 17.5 Å². The molecule has 3 aromatic rings. The lowest BCUT2D eigenvalue weighted by molar-refractivity contribution is 0.207. The van der Waals surface area contributed by atoms with Crippen LogP contribution in [0, 0.1) is 6.92 Å². The van der Waals surface area contributed by atoms with Gasteiger partial charge in [-0.3, -0.25) is 5.32 Å². The summed E-state index contributed by atoms with van der Waals surface area (Å²) in [7, 11) is 0. The van der Waals surface area contributed by atoms with Gasteiger partial charge in [-0.15, -0.1) is 16.4 Å². The molecule has 8 heteroatoms. The molecule has 1 aromatic carbocycles. The Hall–Kier alpha value is -2.74. The number of aromatic nitrogens is 4. The van der Waals surface area contributed by atoms with E-state index in [2.05, 4.69) is 20.6 Å². The third-order valence-corrected chi connectivity index (χ3v) is 4.88. The van der Waals surface area contributed by atoms with Gasteiger partial charge in [0.1, 0.15) is 0 Å². The molecule has 26 heavy (non-hydrogen) atoms. The molecule has 0 aliphatic rings. The van der Waals surface area contributed by atoms with Crippen molar-refractivity contribution in [3.63, 3.8) is 0 Å². The van der Waals surface area contributed by atoms with Crippen LogP contribution in [0.25, 0.3) is 0 Å². The molecule has 0 saturated carbocycles. The second-order valence-electron chi connectivity index (χ2n) is 6.31. The molecule has 0 spiro atoms. The van der Waals surface area contributed by atoms with Gasteiger partial charge in [0.15, 0.2) is 5.82 Å². The van der Waals surface area contributed by atoms with Crippen molar-refractivity contribution >= 4 is 23.2 Å². The van der Waals surface area contributed by atoms with Crippen molar-refractivity contribution in [1.29, 1.82) is 0 Å². The van der Waals surface area contributed by atoms with Gasteiger partial charge in [0.05, 0.1) is 23.9 Å². The van der Waals surface area contributed by atoms with E-state index in [0.29, 0.717) is 18.9 Å². The molecule has 0 aliphatic carbocycles. The van der Waals surface area contributed by atoms with Crippen molar-refractivity contribution in [2.75, 3.05) is 5.32 Å². The number of carbonyl (C=O) groups is 1. The van der Waals surface area contributed by atoms with Gasteiger partial charge in [0.25, 0.3) is 0 Å². The van der Waals surface area contributed by atoms with Crippen LogP contribution < -0.4 is 5.32 Å². The number of urea groups is 1. The molecular weight excluding hydrogens is 348 g/mol. The van der Waals surface area contributed by atoms with Crippen LogP contribution >= 0.6 is 11.3 Å². The van der Waals surface area contributed by atoms with Crippen LogP contribution in [0.4, 0.5) is 10.6 Å². The van der Waals surface area contributed by atoms with Crippen LogP contribution in [0.5, 0.6) is 0 Å². The minimum absolute atomic E-state index is 0.188. The third kappa shape index (κ3) is 4.45. The van der Waals surface area contributed by atoms with E-state index in [1.807, 2.05) is 51.1 Å². The van der Waals surface area contributed by atoms with Gasteiger partial charge in [0.2, 0.25) is 0 Å². The van der Waals surface area contributed by atoms with Crippen LogP contribution in [0.2, 0.25) is 0 Å². The summed E-state index contributed by atoms with van der Waals surface area (Å²) in [4.78, 5) is 20.0. The van der Waals surface area contributed by atoms with Gasteiger partial charge in [-0.2, -0.15) is 0 Å². The molecule has 0 bridgehead atoms. The van der Waals surface area contributed by atoms with E-state index in [-0.39, 0.29) is 12.1 Å². The van der Waals surface area contributed by atoms with Gasteiger partial charge >= 0.3 is 6.03 Å². The van der Waals surface area contributed by atoms with E-state index in [1.54, 1.807) is 32.6 Å². The lowest BCUT2D eigenvalue weighted by Crippen LogP contribution is -2.34. The highest BCUT2D eigenvalue weighted by atomic mass is 32.1. The predicted molar refractivity (Wildman–Crippen MR) is 102 cm³/mol. The van der Waals surface area contributed by atoms with Gasteiger partial charge < -0.3 is 4.90 Å². The monoisotopic (exact) mass is 370 g/mol. The van der Waals surface area contributed by atoms with Gasteiger partial charge in [-0.05, 0) is 26.3 Å². The highest BCUT2D eigenvalue weighted by Gasteiger charge is 2.18. The molecule has 2 amide bonds. The third-order valence-electron chi connectivity index (χ3n) is 3.96. The molecule has 1 N–H and O–H groups in total. The van der Waals surface area contributed by atoms with E-state index >= 15 is 0 Å². The molecule has 0 radical (unpaired) electrons. The summed E-state index contributed by atoms with van der Waals surface area (Å²) in [5.41, 5.74) is 3.82. The minimum atomic E-state index is -0.211. The Morgan fingerprint density at radius 3 is 2.65 bits per heavy atom. The Balaban J connectivity index is 1.76. The molecule has 136 valence electrons. The Morgan fingerprint density at radius 2 is 2.04 bits per heavy atom. The average molecular weight is 370 g/mol. The SMILES string of the molecule is Cc1ncsc1CN(Cc1ccccc1)C(=O)Nc1cn(C(C)C)nn1. The summed E-state index contributed by atoms with van der Waals surface area (Å²) >= 11 is 1.56. The number of amides is 2. The quantitative estimate of drug-likeness (QED) is 0.715. The molecule has 0 unspecified atom stereocenters. The van der Waals surface area contributed by atoms with Crippen LogP contribution in [-0.4, -0.2) is 30.9 Å². The predicted octanol–water partition coefficient (Wildman–Crippen LogP) is 3.86. The fourth-order valence-corrected chi connectivity index (χ4v) is 3.22. The number of benzene rings is 1. The maximum Gasteiger partial charge on any atom is 0.323 e. The van der Waals surface area contributed by atoms with Crippen molar-refractivity contribution in [3.8, 4) is 0 Å². The average Bonchev–Trinajstić information content (AvgIpc) is 3.25. The second kappa shape index (κ2) is 8.09. The molecule has 0 atom stereocenters. The van der Waals surface area contributed by atoms with E-state index in [1.165, 1.54) is 0 Å². The maximum atomic E-state index is 12.9. The Morgan fingerprint density at radius 1 is 1.27 bits per heavy atom. The van der Waals surface area contributed by atoms with E-state index in [0.717, 1.165) is 16.1 Å². The zero-order valence-corrected chi connectivity index (χ0v) is 15.9. The number of hydrogen-bond acceptors (Lipinski definition) is 5. The van der Waals surface area contributed by atoms with Crippen molar-refractivity contribution in [1.82, 2.24) is 24.9 Å². The first-order chi connectivity index (χ1) is 12.5. The molecule has 2 aromatic heterocycles. The number of aryl methyl sites for hydroxylation is 1. The molecule has 0 fully saturated rings. The summed E-state index contributed by atoms with van der Waals surface area (Å²) in [5, 5.41) is 10.9. The lowest BCUT2D eigenvalue weighted by Gasteiger charge is -2.22. The fraction of sp³-hybridized carbons (Fsp3) is 0.333. The molecule has 7 nitrogen and oxygen atoms in total. The van der Waals surface area contributed by atoms with Crippen molar-refractivity contribution < 1.29 is 4.79 Å². The Labute approximate surface area is 156 Å². The second-order valence-corrected chi connectivity index (χ2v) is 7.25. The van der Waals surface area contributed by atoms with Crippen LogP contribution in [0.1, 0.15) is 36.0 Å². The summed E-state index contributed by atoms with van der Waals surface area (Å²) in [6.45, 7) is 6.97. The number of nitrogens with zero attached hydrogens (tertiary/aromatic N) is 5. The number of nitrogens with one attached hydrogen (secondary N) is 1. The van der Waals surface area contributed by atoms with Crippen LogP contribution in [-0.2, 0) is 13.1 Å². The zero-order chi connectivity index (χ0) is 18.5. The molecule has 3 rings (SSSR count). The summed E-state index contributed by atoms with van der Waals surface area (Å²) in [6, 6.07) is 9.90. The summed E-state index contributed by atoms with van der Waals surface area (Å²) < 4.78 is 1.71. The zero-order valence-electron chi connectivity index (χ0n) is 15.1. The topological polar surface area (TPSA) is 75.9 Å². The highest BCUT2D eigenvalue weighted by molar-refractivity contribution is 7.09. The van der Waals surface area contributed by atoms with Gasteiger partial charge in [-0.25, -0.2) is 14.5 Å². The Bertz CT molecular complexity index is 857. The number of carbonyl (C=O) groups excluding carboxylic acids is 1. The largest absolute Gasteiger partial charge is 0.323 e. The standard InChI is InChI=1S/C18H22N6OS/c1-13(2)24-11-17(21-22-24)20-18(25)23(9-15-7-5-4-6-8-15)10-16-14(3)19-12-26-16/h4-8,11-13H,9-10H2,1-3H3,(H,20,25). The highest BCUT2D eigenvalue weighted by Crippen LogP contribution is 2.18. The van der Waals surface area contributed by atoms with E-state index < -0.39 is 0 Å². The van der Waals surface area contributed by atoms with Crippen molar-refractivity contribution in [2.24, 2.45) is 0 Å². The summed E-state index contributed by atoms with van der Waals surface area (Å²) in [5.74, 6) is 0.447. The first kappa shape index (κ1) is 18.1. The molecule has 0 aliphatic heterocycles. The van der Waals surface area contributed by atoms with Crippen LogP contribution in [0.3, 0.4) is 0 Å². The number of anilines is 1. The van der Waals surface area contributed by atoms with Crippen molar-refractivity contribution in [2.45, 2.75) is 39.9 Å².